The van der Waals surface area contributed by atoms with Crippen LogP contribution in [0.3, 0.4) is 0 Å². The van der Waals surface area contributed by atoms with Crippen molar-refractivity contribution in [3.63, 3.8) is 0 Å². The lowest BCUT2D eigenvalue weighted by Crippen LogP contribution is -2.54. The van der Waals surface area contributed by atoms with Gasteiger partial charge in [0.2, 0.25) is 0 Å². The summed E-state index contributed by atoms with van der Waals surface area (Å²) in [6, 6.07) is 5.13. The maximum atomic E-state index is 12.9. The van der Waals surface area contributed by atoms with Crippen molar-refractivity contribution in [1.29, 1.82) is 0 Å². The fourth-order valence-electron chi connectivity index (χ4n) is 2.24. The first-order valence-electron chi connectivity index (χ1n) is 5.61. The molecule has 0 bridgehead atoms. The predicted molar refractivity (Wildman–Crippen MR) is 60.4 cm³/mol. The van der Waals surface area contributed by atoms with Gasteiger partial charge in [-0.3, -0.25) is 0 Å². The van der Waals surface area contributed by atoms with Gasteiger partial charge in [0.05, 0.1) is 0 Å². The Balaban J connectivity index is 2.16. The minimum Gasteiger partial charge on any atom is -0.316 e. The third-order valence-corrected chi connectivity index (χ3v) is 3.62. The summed E-state index contributed by atoms with van der Waals surface area (Å²) >= 11 is 0. The third-order valence-electron chi connectivity index (χ3n) is 3.62. The second kappa shape index (κ2) is 3.93. The maximum absolute atomic E-state index is 12.9. The highest BCUT2D eigenvalue weighted by atomic mass is 19.1. The molecule has 1 aromatic carbocycles. The number of aryl methyl sites for hydroxylation is 1. The minimum absolute atomic E-state index is 0.131. The van der Waals surface area contributed by atoms with Crippen molar-refractivity contribution >= 4 is 0 Å². The van der Waals surface area contributed by atoms with Crippen LogP contribution >= 0.6 is 0 Å². The van der Waals surface area contributed by atoms with Crippen LogP contribution in [0, 0.1) is 18.2 Å². The first-order chi connectivity index (χ1) is 7.15. The highest BCUT2D eigenvalue weighted by Gasteiger charge is 2.35. The molecule has 0 saturated carbocycles. The van der Waals surface area contributed by atoms with Gasteiger partial charge >= 0.3 is 0 Å². The van der Waals surface area contributed by atoms with Gasteiger partial charge in [0.15, 0.2) is 0 Å². The number of hydrogen-bond donors (Lipinski definition) is 1. The van der Waals surface area contributed by atoms with Gasteiger partial charge in [0.25, 0.3) is 0 Å². The average Bonchev–Trinajstić information content (AvgIpc) is 2.14. The second-order valence-electron chi connectivity index (χ2n) is 4.70. The second-order valence-corrected chi connectivity index (χ2v) is 4.70. The van der Waals surface area contributed by atoms with E-state index in [1.807, 2.05) is 13.0 Å². The van der Waals surface area contributed by atoms with Crippen LogP contribution in [0.5, 0.6) is 0 Å². The van der Waals surface area contributed by atoms with Gasteiger partial charge in [-0.2, -0.15) is 0 Å². The Bertz CT molecular complexity index is 350. The summed E-state index contributed by atoms with van der Waals surface area (Å²) < 4.78 is 12.9. The Morgan fingerprint density at radius 3 is 2.60 bits per heavy atom. The summed E-state index contributed by atoms with van der Waals surface area (Å²) in [5.41, 5.74) is 2.79. The first kappa shape index (κ1) is 10.6. The summed E-state index contributed by atoms with van der Waals surface area (Å²) in [7, 11) is 0. The molecule has 15 heavy (non-hydrogen) atoms. The summed E-state index contributed by atoms with van der Waals surface area (Å²) in [6.07, 6.45) is 2.26. The smallest absolute Gasteiger partial charge is 0.123 e. The Morgan fingerprint density at radius 2 is 2.13 bits per heavy atom. The molecule has 1 nitrogen and oxygen atoms in total. The van der Waals surface area contributed by atoms with Crippen molar-refractivity contribution in [2.45, 2.75) is 26.7 Å². The zero-order valence-corrected chi connectivity index (χ0v) is 9.44. The third kappa shape index (κ3) is 2.05. The van der Waals surface area contributed by atoms with Gasteiger partial charge in [0.1, 0.15) is 5.82 Å². The Labute approximate surface area is 90.7 Å². The highest BCUT2D eigenvalue weighted by molar-refractivity contribution is 5.28. The predicted octanol–water partition coefficient (Wildman–Crippen LogP) is 2.68. The van der Waals surface area contributed by atoms with E-state index in [-0.39, 0.29) is 5.82 Å². The van der Waals surface area contributed by atoms with Crippen LogP contribution < -0.4 is 5.32 Å². The van der Waals surface area contributed by atoms with E-state index in [1.165, 1.54) is 12.0 Å². The summed E-state index contributed by atoms with van der Waals surface area (Å²) in [5, 5.41) is 3.33. The standard InChI is InChI=1S/C13H18FN/c1-3-13(8-15-9-13)7-11-4-5-12(14)6-10(11)2/h4-6,15H,3,7-9H2,1-2H3. The molecular formula is C13H18FN. The molecule has 1 heterocycles. The van der Waals surface area contributed by atoms with Gasteiger partial charge in [-0.25, -0.2) is 4.39 Å². The van der Waals surface area contributed by atoms with E-state index in [4.69, 9.17) is 0 Å². The van der Waals surface area contributed by atoms with E-state index in [9.17, 15) is 4.39 Å². The van der Waals surface area contributed by atoms with Crippen molar-refractivity contribution in [2.75, 3.05) is 13.1 Å². The number of nitrogens with one attached hydrogen (secondary N) is 1. The van der Waals surface area contributed by atoms with E-state index in [1.54, 1.807) is 12.1 Å². The van der Waals surface area contributed by atoms with Crippen molar-refractivity contribution in [3.05, 3.63) is 35.1 Å². The molecular weight excluding hydrogens is 189 g/mol. The molecule has 1 aromatic rings. The van der Waals surface area contributed by atoms with Crippen LogP contribution in [0.25, 0.3) is 0 Å². The monoisotopic (exact) mass is 207 g/mol. The molecule has 0 radical (unpaired) electrons. The molecule has 1 aliphatic rings. The topological polar surface area (TPSA) is 12.0 Å². The minimum atomic E-state index is -0.131. The molecule has 0 atom stereocenters. The quantitative estimate of drug-likeness (QED) is 0.803. The van der Waals surface area contributed by atoms with Crippen LogP contribution in [0.2, 0.25) is 0 Å². The van der Waals surface area contributed by atoms with E-state index < -0.39 is 0 Å². The molecule has 0 aliphatic carbocycles. The SMILES string of the molecule is CCC1(Cc2ccc(F)cc2C)CNC1. The Hall–Kier alpha value is -0.890. The van der Waals surface area contributed by atoms with Crippen molar-refractivity contribution in [2.24, 2.45) is 5.41 Å². The van der Waals surface area contributed by atoms with Crippen LogP contribution in [-0.4, -0.2) is 13.1 Å². The number of hydrogen-bond acceptors (Lipinski definition) is 1. The molecule has 0 aromatic heterocycles. The van der Waals surface area contributed by atoms with E-state index in [2.05, 4.69) is 12.2 Å². The number of halogens is 1. The molecule has 1 saturated heterocycles. The molecule has 2 rings (SSSR count). The normalized spacial score (nSPS) is 18.6. The highest BCUT2D eigenvalue weighted by Crippen LogP contribution is 2.32. The molecule has 1 aliphatic heterocycles. The largest absolute Gasteiger partial charge is 0.316 e. The fraction of sp³-hybridized carbons (Fsp3) is 0.538. The summed E-state index contributed by atoms with van der Waals surface area (Å²) in [6.45, 7) is 6.42. The molecule has 0 amide bonds. The zero-order chi connectivity index (χ0) is 10.9. The lowest BCUT2D eigenvalue weighted by molar-refractivity contribution is 0.160. The van der Waals surface area contributed by atoms with Crippen LogP contribution in [-0.2, 0) is 6.42 Å². The summed E-state index contributed by atoms with van der Waals surface area (Å²) in [5.74, 6) is -0.131. The Morgan fingerprint density at radius 1 is 1.40 bits per heavy atom. The Kier molecular flexibility index (Phi) is 2.79. The van der Waals surface area contributed by atoms with Crippen molar-refractivity contribution < 1.29 is 4.39 Å². The van der Waals surface area contributed by atoms with Crippen molar-refractivity contribution in [1.82, 2.24) is 5.32 Å². The van der Waals surface area contributed by atoms with Gasteiger partial charge in [-0.05, 0) is 48.4 Å². The number of rotatable bonds is 3. The van der Waals surface area contributed by atoms with E-state index >= 15 is 0 Å². The van der Waals surface area contributed by atoms with E-state index in [0.29, 0.717) is 5.41 Å². The lowest BCUT2D eigenvalue weighted by Gasteiger charge is -2.42. The molecule has 82 valence electrons. The van der Waals surface area contributed by atoms with Crippen LogP contribution in [0.4, 0.5) is 4.39 Å². The van der Waals surface area contributed by atoms with Gasteiger partial charge in [-0.1, -0.05) is 13.0 Å². The van der Waals surface area contributed by atoms with Gasteiger partial charge in [0, 0.05) is 13.1 Å². The fourth-order valence-corrected chi connectivity index (χ4v) is 2.24. The molecule has 0 spiro atoms. The molecule has 2 heteroatoms. The van der Waals surface area contributed by atoms with Crippen molar-refractivity contribution in [3.8, 4) is 0 Å². The summed E-state index contributed by atoms with van der Waals surface area (Å²) in [4.78, 5) is 0. The van der Waals surface area contributed by atoms with E-state index in [0.717, 1.165) is 25.1 Å². The lowest BCUT2D eigenvalue weighted by atomic mass is 9.74. The van der Waals surface area contributed by atoms with Gasteiger partial charge in [-0.15, -0.1) is 0 Å². The maximum Gasteiger partial charge on any atom is 0.123 e. The average molecular weight is 207 g/mol. The number of benzene rings is 1. The van der Waals surface area contributed by atoms with Gasteiger partial charge < -0.3 is 5.32 Å². The molecule has 1 N–H and O–H groups in total. The zero-order valence-electron chi connectivity index (χ0n) is 9.44. The molecule has 0 unspecified atom stereocenters. The molecule has 1 fully saturated rings. The van der Waals surface area contributed by atoms with Crippen LogP contribution in [0.15, 0.2) is 18.2 Å². The van der Waals surface area contributed by atoms with Crippen LogP contribution in [0.1, 0.15) is 24.5 Å². The first-order valence-corrected chi connectivity index (χ1v) is 5.61.